The summed E-state index contributed by atoms with van der Waals surface area (Å²) in [5.74, 6) is 0.679. The summed E-state index contributed by atoms with van der Waals surface area (Å²) >= 11 is 0. The van der Waals surface area contributed by atoms with E-state index in [2.05, 4.69) is 15.7 Å². The number of aryl methyl sites for hydroxylation is 1. The molecule has 0 bridgehead atoms. The average Bonchev–Trinajstić information content (AvgIpc) is 2.88. The number of nitrogens with one attached hydrogen (secondary N) is 2. The van der Waals surface area contributed by atoms with Crippen molar-refractivity contribution in [3.05, 3.63) is 18.0 Å². The lowest BCUT2D eigenvalue weighted by Gasteiger charge is -2.09. The first kappa shape index (κ1) is 11.1. The van der Waals surface area contributed by atoms with Crippen molar-refractivity contribution in [2.24, 2.45) is 13.0 Å². The largest absolute Gasteiger partial charge is 0.351 e. The molecule has 1 aromatic rings. The second kappa shape index (κ2) is 5.12. The van der Waals surface area contributed by atoms with Crippen LogP contribution < -0.4 is 10.6 Å². The fourth-order valence-corrected chi connectivity index (χ4v) is 2.04. The number of carbonyl (C=O) groups is 1. The van der Waals surface area contributed by atoms with Gasteiger partial charge in [0, 0.05) is 19.8 Å². The number of carbonyl (C=O) groups excluding carboxylic acids is 1. The number of rotatable bonds is 4. The van der Waals surface area contributed by atoms with Gasteiger partial charge in [0.25, 0.3) is 5.91 Å². The SMILES string of the molecule is Cn1nccc1C(=O)NCCC1CCNC1. The summed E-state index contributed by atoms with van der Waals surface area (Å²) in [6.07, 6.45) is 3.91. The lowest BCUT2D eigenvalue weighted by atomic mass is 10.1. The van der Waals surface area contributed by atoms with Gasteiger partial charge in [-0.05, 0) is 37.9 Å². The molecule has 1 amide bonds. The van der Waals surface area contributed by atoms with Crippen molar-refractivity contribution in [1.82, 2.24) is 20.4 Å². The first-order valence-corrected chi connectivity index (χ1v) is 5.74. The van der Waals surface area contributed by atoms with Crippen LogP contribution in [0.5, 0.6) is 0 Å². The Kier molecular flexibility index (Phi) is 3.56. The monoisotopic (exact) mass is 222 g/mol. The Labute approximate surface area is 95.2 Å². The molecule has 1 aliphatic rings. The third kappa shape index (κ3) is 2.61. The lowest BCUT2D eigenvalue weighted by molar-refractivity contribution is 0.0942. The van der Waals surface area contributed by atoms with Crippen LogP contribution in [0.2, 0.25) is 0 Å². The molecule has 1 unspecified atom stereocenters. The van der Waals surface area contributed by atoms with Gasteiger partial charge in [0.05, 0.1) is 0 Å². The fourth-order valence-electron chi connectivity index (χ4n) is 2.04. The summed E-state index contributed by atoms with van der Waals surface area (Å²) in [7, 11) is 1.77. The molecule has 0 aliphatic carbocycles. The van der Waals surface area contributed by atoms with Gasteiger partial charge in [0.1, 0.15) is 5.69 Å². The molecule has 2 rings (SSSR count). The zero-order valence-corrected chi connectivity index (χ0v) is 9.57. The van der Waals surface area contributed by atoms with E-state index in [0.29, 0.717) is 11.6 Å². The Morgan fingerprint density at radius 1 is 1.75 bits per heavy atom. The van der Waals surface area contributed by atoms with E-state index in [0.717, 1.165) is 26.1 Å². The minimum atomic E-state index is -0.0362. The molecule has 5 nitrogen and oxygen atoms in total. The first-order chi connectivity index (χ1) is 7.77. The second-order valence-corrected chi connectivity index (χ2v) is 4.24. The molecule has 0 aromatic carbocycles. The van der Waals surface area contributed by atoms with E-state index in [9.17, 15) is 4.79 Å². The molecular formula is C11H18N4O. The van der Waals surface area contributed by atoms with Gasteiger partial charge in [0.2, 0.25) is 0 Å². The smallest absolute Gasteiger partial charge is 0.269 e. The van der Waals surface area contributed by atoms with Crippen LogP contribution in [0.15, 0.2) is 12.3 Å². The molecule has 1 aliphatic heterocycles. The Morgan fingerprint density at radius 2 is 2.62 bits per heavy atom. The topological polar surface area (TPSA) is 59.0 Å². The van der Waals surface area contributed by atoms with Crippen molar-refractivity contribution in [1.29, 1.82) is 0 Å². The Hall–Kier alpha value is -1.36. The van der Waals surface area contributed by atoms with E-state index in [1.54, 1.807) is 24.0 Å². The Balaban J connectivity index is 1.73. The van der Waals surface area contributed by atoms with E-state index in [4.69, 9.17) is 0 Å². The molecule has 5 heteroatoms. The fraction of sp³-hybridized carbons (Fsp3) is 0.636. The maximum absolute atomic E-state index is 11.7. The van der Waals surface area contributed by atoms with Gasteiger partial charge >= 0.3 is 0 Å². The van der Waals surface area contributed by atoms with Crippen LogP contribution in [-0.4, -0.2) is 35.3 Å². The summed E-state index contributed by atoms with van der Waals surface area (Å²) in [4.78, 5) is 11.7. The number of aromatic nitrogens is 2. The minimum Gasteiger partial charge on any atom is -0.351 e. The van der Waals surface area contributed by atoms with Crippen LogP contribution in [-0.2, 0) is 7.05 Å². The highest BCUT2D eigenvalue weighted by atomic mass is 16.2. The van der Waals surface area contributed by atoms with Crippen molar-refractivity contribution in [2.75, 3.05) is 19.6 Å². The molecule has 1 aromatic heterocycles. The number of nitrogens with zero attached hydrogens (tertiary/aromatic N) is 2. The molecule has 0 spiro atoms. The molecule has 0 radical (unpaired) electrons. The third-order valence-corrected chi connectivity index (χ3v) is 3.05. The number of hydrogen-bond donors (Lipinski definition) is 2. The van der Waals surface area contributed by atoms with Crippen molar-refractivity contribution >= 4 is 5.91 Å². The molecule has 88 valence electrons. The summed E-state index contributed by atoms with van der Waals surface area (Å²) in [5.41, 5.74) is 0.615. The Morgan fingerprint density at radius 3 is 3.25 bits per heavy atom. The quantitative estimate of drug-likeness (QED) is 0.762. The van der Waals surface area contributed by atoms with Gasteiger partial charge in [-0.3, -0.25) is 9.48 Å². The Bertz CT molecular complexity index is 355. The highest BCUT2D eigenvalue weighted by Gasteiger charge is 2.15. The first-order valence-electron chi connectivity index (χ1n) is 5.74. The van der Waals surface area contributed by atoms with Gasteiger partial charge in [-0.15, -0.1) is 0 Å². The van der Waals surface area contributed by atoms with Gasteiger partial charge < -0.3 is 10.6 Å². The highest BCUT2D eigenvalue weighted by molar-refractivity contribution is 5.92. The van der Waals surface area contributed by atoms with Crippen LogP contribution in [0.4, 0.5) is 0 Å². The number of amides is 1. The highest BCUT2D eigenvalue weighted by Crippen LogP contribution is 2.10. The molecular weight excluding hydrogens is 204 g/mol. The third-order valence-electron chi connectivity index (χ3n) is 3.05. The molecule has 1 atom stereocenters. The maximum Gasteiger partial charge on any atom is 0.269 e. The minimum absolute atomic E-state index is 0.0362. The molecule has 16 heavy (non-hydrogen) atoms. The van der Waals surface area contributed by atoms with Crippen LogP contribution in [0.1, 0.15) is 23.3 Å². The number of hydrogen-bond acceptors (Lipinski definition) is 3. The summed E-state index contributed by atoms with van der Waals surface area (Å²) < 4.78 is 1.59. The van der Waals surface area contributed by atoms with Crippen molar-refractivity contribution in [3.63, 3.8) is 0 Å². The summed E-state index contributed by atoms with van der Waals surface area (Å²) in [5, 5.41) is 10.2. The van der Waals surface area contributed by atoms with Crippen LogP contribution in [0, 0.1) is 5.92 Å². The zero-order chi connectivity index (χ0) is 11.4. The maximum atomic E-state index is 11.7. The summed E-state index contributed by atoms with van der Waals surface area (Å²) in [6, 6.07) is 1.73. The molecule has 1 saturated heterocycles. The average molecular weight is 222 g/mol. The van der Waals surface area contributed by atoms with Gasteiger partial charge in [0.15, 0.2) is 0 Å². The van der Waals surface area contributed by atoms with E-state index in [1.807, 2.05) is 0 Å². The summed E-state index contributed by atoms with van der Waals surface area (Å²) in [6.45, 7) is 2.94. The van der Waals surface area contributed by atoms with Crippen LogP contribution in [0.3, 0.4) is 0 Å². The van der Waals surface area contributed by atoms with E-state index in [-0.39, 0.29) is 5.91 Å². The lowest BCUT2D eigenvalue weighted by Crippen LogP contribution is -2.28. The van der Waals surface area contributed by atoms with E-state index >= 15 is 0 Å². The predicted octanol–water partition coefficient (Wildman–Crippen LogP) is 0.150. The van der Waals surface area contributed by atoms with Gasteiger partial charge in [-0.2, -0.15) is 5.10 Å². The normalized spacial score (nSPS) is 19.9. The zero-order valence-electron chi connectivity index (χ0n) is 9.57. The van der Waals surface area contributed by atoms with Gasteiger partial charge in [-0.1, -0.05) is 0 Å². The molecule has 0 saturated carbocycles. The second-order valence-electron chi connectivity index (χ2n) is 4.24. The van der Waals surface area contributed by atoms with Crippen molar-refractivity contribution in [2.45, 2.75) is 12.8 Å². The molecule has 1 fully saturated rings. The van der Waals surface area contributed by atoms with E-state index in [1.165, 1.54) is 6.42 Å². The van der Waals surface area contributed by atoms with Crippen LogP contribution in [0.25, 0.3) is 0 Å². The van der Waals surface area contributed by atoms with Crippen LogP contribution >= 0.6 is 0 Å². The van der Waals surface area contributed by atoms with Gasteiger partial charge in [-0.25, -0.2) is 0 Å². The predicted molar refractivity (Wildman–Crippen MR) is 61.1 cm³/mol. The van der Waals surface area contributed by atoms with Crippen molar-refractivity contribution in [3.8, 4) is 0 Å². The van der Waals surface area contributed by atoms with E-state index < -0.39 is 0 Å². The molecule has 2 heterocycles. The standard InChI is InChI=1S/C11H18N4O/c1-15-10(4-7-14-15)11(16)13-6-3-9-2-5-12-8-9/h4,7,9,12H,2-3,5-6,8H2,1H3,(H,13,16). The van der Waals surface area contributed by atoms with Crippen molar-refractivity contribution < 1.29 is 4.79 Å². The molecule has 2 N–H and O–H groups in total.